The van der Waals surface area contributed by atoms with Gasteiger partial charge in [0.15, 0.2) is 5.78 Å². The summed E-state index contributed by atoms with van der Waals surface area (Å²) in [5.74, 6) is 0.251. The fraction of sp³-hybridized carbons (Fsp3) is 0.611. The van der Waals surface area contributed by atoms with Gasteiger partial charge in [0.2, 0.25) is 0 Å². The molecule has 21 heavy (non-hydrogen) atoms. The Balaban J connectivity index is 2.01. The van der Waals surface area contributed by atoms with Gasteiger partial charge in [-0.05, 0) is 64.9 Å². The lowest BCUT2D eigenvalue weighted by Crippen LogP contribution is -2.47. The minimum atomic E-state index is -0.0183. The second-order valence-corrected chi connectivity index (χ2v) is 6.57. The molecule has 1 saturated heterocycles. The van der Waals surface area contributed by atoms with Crippen molar-refractivity contribution >= 4 is 5.78 Å². The van der Waals surface area contributed by atoms with Crippen molar-refractivity contribution in [3.8, 4) is 0 Å². The highest BCUT2D eigenvalue weighted by Gasteiger charge is 2.27. The number of ketones is 1. The second kappa shape index (κ2) is 6.71. The van der Waals surface area contributed by atoms with Gasteiger partial charge in [-0.1, -0.05) is 12.1 Å². The van der Waals surface area contributed by atoms with Crippen molar-refractivity contribution in [2.45, 2.75) is 45.7 Å². The largest absolute Gasteiger partial charge is 0.306 e. The summed E-state index contributed by atoms with van der Waals surface area (Å²) < 4.78 is 0. The molecular formula is C18H28N2O. The monoisotopic (exact) mass is 288 g/mol. The molecule has 116 valence electrons. The molecule has 1 fully saturated rings. The molecule has 0 saturated carbocycles. The summed E-state index contributed by atoms with van der Waals surface area (Å²) in [6.07, 6.45) is 2.30. The normalized spacial score (nSPS) is 19.0. The Morgan fingerprint density at radius 2 is 1.81 bits per heavy atom. The van der Waals surface area contributed by atoms with Gasteiger partial charge in [-0.2, -0.15) is 0 Å². The SMILES string of the molecule is Cc1ccc(C(=O)C(C)N2CCC(N(C)C)CC2)cc1C. The van der Waals surface area contributed by atoms with E-state index in [1.807, 2.05) is 25.1 Å². The first-order valence-corrected chi connectivity index (χ1v) is 7.92. The van der Waals surface area contributed by atoms with E-state index in [-0.39, 0.29) is 11.8 Å². The van der Waals surface area contributed by atoms with Gasteiger partial charge < -0.3 is 4.90 Å². The highest BCUT2D eigenvalue weighted by atomic mass is 16.1. The van der Waals surface area contributed by atoms with E-state index in [1.54, 1.807) is 0 Å². The first-order valence-electron chi connectivity index (χ1n) is 7.92. The molecule has 1 aromatic carbocycles. The number of hydrogen-bond acceptors (Lipinski definition) is 3. The Morgan fingerprint density at radius 3 is 2.33 bits per heavy atom. The fourth-order valence-electron chi connectivity index (χ4n) is 3.09. The topological polar surface area (TPSA) is 23.6 Å². The molecule has 0 spiro atoms. The molecule has 0 bridgehead atoms. The summed E-state index contributed by atoms with van der Waals surface area (Å²) in [4.78, 5) is 17.3. The molecule has 2 rings (SSSR count). The predicted octanol–water partition coefficient (Wildman–Crippen LogP) is 2.90. The maximum absolute atomic E-state index is 12.7. The molecule has 1 atom stereocenters. The Hall–Kier alpha value is -1.19. The van der Waals surface area contributed by atoms with Crippen LogP contribution in [0.5, 0.6) is 0 Å². The molecule has 1 aliphatic heterocycles. The van der Waals surface area contributed by atoms with Crippen LogP contribution in [0.15, 0.2) is 18.2 Å². The van der Waals surface area contributed by atoms with Crippen LogP contribution in [0.3, 0.4) is 0 Å². The Labute approximate surface area is 128 Å². The van der Waals surface area contributed by atoms with E-state index in [2.05, 4.69) is 37.7 Å². The number of piperidine rings is 1. The lowest BCUT2D eigenvalue weighted by Gasteiger charge is -2.37. The molecule has 0 aromatic heterocycles. The zero-order valence-corrected chi connectivity index (χ0v) is 14.0. The molecule has 3 nitrogen and oxygen atoms in total. The van der Waals surface area contributed by atoms with Gasteiger partial charge in [0.25, 0.3) is 0 Å². The van der Waals surface area contributed by atoms with Gasteiger partial charge in [-0.3, -0.25) is 9.69 Å². The lowest BCUT2D eigenvalue weighted by atomic mass is 9.97. The number of Topliss-reactive ketones (excluding diaryl/α,β-unsaturated/α-hetero) is 1. The second-order valence-electron chi connectivity index (χ2n) is 6.57. The molecule has 3 heteroatoms. The van der Waals surface area contributed by atoms with E-state index in [4.69, 9.17) is 0 Å². The Kier molecular flexibility index (Phi) is 5.17. The standard InChI is InChI=1S/C18H28N2O/c1-13-6-7-16(12-14(13)2)18(21)15(3)20-10-8-17(9-11-20)19(4)5/h6-7,12,15,17H,8-11H2,1-5H3. The number of likely N-dealkylation sites (tertiary alicyclic amines) is 1. The number of carbonyl (C=O) groups excluding carboxylic acids is 1. The Bertz CT molecular complexity index is 502. The van der Waals surface area contributed by atoms with Crippen molar-refractivity contribution in [3.63, 3.8) is 0 Å². The van der Waals surface area contributed by atoms with Gasteiger partial charge in [-0.25, -0.2) is 0 Å². The van der Waals surface area contributed by atoms with Crippen LogP contribution in [0.1, 0.15) is 41.3 Å². The smallest absolute Gasteiger partial charge is 0.179 e. The van der Waals surface area contributed by atoms with Gasteiger partial charge in [-0.15, -0.1) is 0 Å². The third-order valence-electron chi connectivity index (χ3n) is 4.95. The fourth-order valence-corrected chi connectivity index (χ4v) is 3.09. The summed E-state index contributed by atoms with van der Waals surface area (Å²) in [5.41, 5.74) is 3.28. The van der Waals surface area contributed by atoms with Crippen LogP contribution in [0.25, 0.3) is 0 Å². The van der Waals surface area contributed by atoms with Crippen molar-refractivity contribution in [1.29, 1.82) is 0 Å². The van der Waals surface area contributed by atoms with Crippen molar-refractivity contribution in [2.75, 3.05) is 27.2 Å². The predicted molar refractivity (Wildman–Crippen MR) is 88.0 cm³/mol. The van der Waals surface area contributed by atoms with Crippen LogP contribution < -0.4 is 0 Å². The van der Waals surface area contributed by atoms with E-state index in [0.717, 1.165) is 31.5 Å². The highest BCUT2D eigenvalue weighted by molar-refractivity contribution is 6.00. The average Bonchev–Trinajstić information content (AvgIpc) is 2.48. The minimum absolute atomic E-state index is 0.0183. The molecule has 0 radical (unpaired) electrons. The third kappa shape index (κ3) is 3.72. The van der Waals surface area contributed by atoms with Crippen LogP contribution in [-0.2, 0) is 0 Å². The summed E-state index contributed by atoms with van der Waals surface area (Å²) in [7, 11) is 4.29. The van der Waals surface area contributed by atoms with Crippen molar-refractivity contribution < 1.29 is 4.79 Å². The molecular weight excluding hydrogens is 260 g/mol. The summed E-state index contributed by atoms with van der Waals surface area (Å²) in [5, 5.41) is 0. The van der Waals surface area contributed by atoms with Crippen LogP contribution in [0, 0.1) is 13.8 Å². The Morgan fingerprint density at radius 1 is 1.19 bits per heavy atom. The van der Waals surface area contributed by atoms with Crippen molar-refractivity contribution in [1.82, 2.24) is 9.80 Å². The van der Waals surface area contributed by atoms with Crippen LogP contribution in [0.2, 0.25) is 0 Å². The number of rotatable bonds is 4. The number of nitrogens with zero attached hydrogens (tertiary/aromatic N) is 2. The van der Waals surface area contributed by atoms with E-state index in [1.165, 1.54) is 11.1 Å². The molecule has 0 amide bonds. The van der Waals surface area contributed by atoms with Gasteiger partial charge in [0.1, 0.15) is 0 Å². The van der Waals surface area contributed by atoms with E-state index < -0.39 is 0 Å². The van der Waals surface area contributed by atoms with E-state index >= 15 is 0 Å². The molecule has 1 unspecified atom stereocenters. The van der Waals surface area contributed by atoms with Crippen molar-refractivity contribution in [2.24, 2.45) is 0 Å². The highest BCUT2D eigenvalue weighted by Crippen LogP contribution is 2.19. The van der Waals surface area contributed by atoms with Crippen LogP contribution in [-0.4, -0.2) is 54.9 Å². The zero-order valence-electron chi connectivity index (χ0n) is 14.0. The zero-order chi connectivity index (χ0) is 15.6. The maximum atomic E-state index is 12.7. The minimum Gasteiger partial charge on any atom is -0.306 e. The number of carbonyl (C=O) groups is 1. The van der Waals surface area contributed by atoms with Gasteiger partial charge >= 0.3 is 0 Å². The van der Waals surface area contributed by atoms with Crippen LogP contribution >= 0.6 is 0 Å². The molecule has 1 aliphatic rings. The first-order chi connectivity index (χ1) is 9.90. The number of aryl methyl sites for hydroxylation is 2. The molecule has 0 N–H and O–H groups in total. The quantitative estimate of drug-likeness (QED) is 0.796. The van der Waals surface area contributed by atoms with Crippen molar-refractivity contribution in [3.05, 3.63) is 34.9 Å². The summed E-state index contributed by atoms with van der Waals surface area (Å²) >= 11 is 0. The van der Waals surface area contributed by atoms with E-state index in [9.17, 15) is 4.79 Å². The van der Waals surface area contributed by atoms with Gasteiger partial charge in [0, 0.05) is 24.7 Å². The van der Waals surface area contributed by atoms with Crippen LogP contribution in [0.4, 0.5) is 0 Å². The maximum Gasteiger partial charge on any atom is 0.179 e. The summed E-state index contributed by atoms with van der Waals surface area (Å²) in [6, 6.07) is 6.68. The van der Waals surface area contributed by atoms with Gasteiger partial charge in [0.05, 0.1) is 6.04 Å². The third-order valence-corrected chi connectivity index (χ3v) is 4.95. The lowest BCUT2D eigenvalue weighted by molar-refractivity contribution is 0.0736. The van der Waals surface area contributed by atoms with E-state index in [0.29, 0.717) is 6.04 Å². The molecule has 0 aliphatic carbocycles. The molecule has 1 heterocycles. The molecule has 1 aromatic rings. The number of hydrogen-bond donors (Lipinski definition) is 0. The summed E-state index contributed by atoms with van der Waals surface area (Å²) in [6.45, 7) is 8.23. The first kappa shape index (κ1) is 16.2. The number of benzene rings is 1. The average molecular weight is 288 g/mol.